The van der Waals surface area contributed by atoms with Gasteiger partial charge < -0.3 is 26.4 Å². The number of hydrogen-bond acceptors (Lipinski definition) is 7. The normalized spacial score (nSPS) is 18.0. The van der Waals surface area contributed by atoms with Gasteiger partial charge >= 0.3 is 0 Å². The van der Waals surface area contributed by atoms with Gasteiger partial charge in [-0.05, 0) is 62.8 Å². The molecule has 1 aromatic carbocycles. The number of nitrogen functional groups attached to an aromatic ring is 1. The van der Waals surface area contributed by atoms with Gasteiger partial charge in [-0.1, -0.05) is 6.07 Å². The summed E-state index contributed by atoms with van der Waals surface area (Å²) in [5.41, 5.74) is 5.40. The number of benzene rings is 1. The van der Waals surface area contributed by atoms with Gasteiger partial charge in [-0.3, -0.25) is 14.4 Å². The largest absolute Gasteiger partial charge is 0.385 e. The van der Waals surface area contributed by atoms with Crippen LogP contribution in [0.5, 0.6) is 0 Å². The van der Waals surface area contributed by atoms with Crippen molar-refractivity contribution in [1.82, 2.24) is 15.6 Å². The molecule has 4 rings (SSSR count). The first-order valence-electron chi connectivity index (χ1n) is 11.8. The molecule has 10 heteroatoms. The molecule has 35 heavy (non-hydrogen) atoms. The lowest BCUT2D eigenvalue weighted by molar-refractivity contribution is -0.124. The Hall–Kier alpha value is -3.53. The summed E-state index contributed by atoms with van der Waals surface area (Å²) in [5.74, 6) is -1.32. The highest BCUT2D eigenvalue weighted by Gasteiger charge is 2.51. The van der Waals surface area contributed by atoms with Crippen LogP contribution in [0.2, 0.25) is 0 Å². The third-order valence-corrected chi connectivity index (χ3v) is 6.71. The van der Waals surface area contributed by atoms with E-state index in [4.69, 9.17) is 5.73 Å². The Morgan fingerprint density at radius 3 is 2.54 bits per heavy atom. The van der Waals surface area contributed by atoms with E-state index in [1.54, 1.807) is 18.2 Å². The highest BCUT2D eigenvalue weighted by Crippen LogP contribution is 2.36. The highest BCUT2D eigenvalue weighted by molar-refractivity contribution is 6.04. The minimum Gasteiger partial charge on any atom is -0.385 e. The van der Waals surface area contributed by atoms with E-state index in [1.165, 1.54) is 25.3 Å². The number of nitrogens with one attached hydrogen (secondary N) is 2. The maximum absolute atomic E-state index is 14.4. The van der Waals surface area contributed by atoms with E-state index in [9.17, 15) is 23.9 Å². The number of amides is 2. The number of hydrogen-bond donors (Lipinski definition) is 4. The molecule has 1 aromatic heterocycles. The first-order valence-corrected chi connectivity index (χ1v) is 11.8. The topological polar surface area (TPSA) is 138 Å². The Balaban J connectivity index is 1.30. The van der Waals surface area contributed by atoms with Crippen molar-refractivity contribution in [1.29, 1.82) is 0 Å². The van der Waals surface area contributed by atoms with Crippen molar-refractivity contribution in [3.8, 4) is 0 Å². The number of aromatic nitrogens is 1. The fourth-order valence-corrected chi connectivity index (χ4v) is 4.38. The summed E-state index contributed by atoms with van der Waals surface area (Å²) < 4.78 is 14.4. The van der Waals surface area contributed by atoms with Crippen LogP contribution in [0.15, 0.2) is 36.5 Å². The van der Waals surface area contributed by atoms with E-state index < -0.39 is 23.2 Å². The fourth-order valence-electron chi connectivity index (χ4n) is 4.38. The summed E-state index contributed by atoms with van der Waals surface area (Å²) in [4.78, 5) is 43.5. The summed E-state index contributed by atoms with van der Waals surface area (Å²) in [7, 11) is 0. The molecule has 9 nitrogen and oxygen atoms in total. The molecule has 1 saturated carbocycles. The van der Waals surface area contributed by atoms with Crippen LogP contribution in [0.3, 0.4) is 0 Å². The minimum absolute atomic E-state index is 0.0861. The van der Waals surface area contributed by atoms with Gasteiger partial charge in [0.25, 0.3) is 5.91 Å². The second-order valence-electron chi connectivity index (χ2n) is 9.32. The Kier molecular flexibility index (Phi) is 7.02. The van der Waals surface area contributed by atoms with Crippen molar-refractivity contribution in [2.75, 3.05) is 30.3 Å². The number of nitrogens with two attached hydrogens (primary N) is 1. The zero-order valence-electron chi connectivity index (χ0n) is 19.6. The number of pyridine rings is 1. The summed E-state index contributed by atoms with van der Waals surface area (Å²) in [6.45, 7) is 2.98. The first kappa shape index (κ1) is 24.6. The molecular weight excluding hydrogens is 453 g/mol. The van der Waals surface area contributed by atoms with Gasteiger partial charge in [-0.25, -0.2) is 9.37 Å². The number of piperidine rings is 1. The maximum atomic E-state index is 14.4. The van der Waals surface area contributed by atoms with Crippen LogP contribution in [-0.4, -0.2) is 59.0 Å². The zero-order chi connectivity index (χ0) is 25.2. The first-order chi connectivity index (χ1) is 16.7. The lowest BCUT2D eigenvalue weighted by Crippen LogP contribution is -2.50. The molecule has 1 saturated heterocycles. The summed E-state index contributed by atoms with van der Waals surface area (Å²) in [6.07, 6.45) is 2.73. The smallest absolute Gasteiger partial charge is 0.253 e. The lowest BCUT2D eigenvalue weighted by Gasteiger charge is -2.35. The number of aliphatic hydroxyl groups is 1. The fraction of sp³-hybridized carbons (Fsp3) is 0.440. The van der Waals surface area contributed by atoms with E-state index in [1.807, 2.05) is 4.90 Å². The molecule has 186 valence electrons. The number of ketones is 1. The molecule has 1 aliphatic carbocycles. The summed E-state index contributed by atoms with van der Waals surface area (Å²) in [5, 5.41) is 15.5. The zero-order valence-corrected chi connectivity index (χ0v) is 19.6. The average Bonchev–Trinajstić information content (AvgIpc) is 3.63. The Labute approximate surface area is 202 Å². The number of carbonyl (C=O) groups excluding carboxylic acids is 3. The van der Waals surface area contributed by atoms with Crippen LogP contribution in [-0.2, 0) is 4.79 Å². The van der Waals surface area contributed by atoms with Crippen molar-refractivity contribution < 1.29 is 23.9 Å². The Bertz CT molecular complexity index is 1110. The molecule has 2 aliphatic rings. The number of Topliss-reactive ketones (excluding diaryl/α,β-unsaturated/α-hetero) is 1. The molecule has 0 spiro atoms. The van der Waals surface area contributed by atoms with Crippen molar-refractivity contribution in [3.05, 3.63) is 53.5 Å². The monoisotopic (exact) mass is 483 g/mol. The number of halogens is 1. The number of anilines is 2. The number of rotatable bonds is 8. The molecular formula is C25H30FN5O4. The summed E-state index contributed by atoms with van der Waals surface area (Å²) >= 11 is 0. The SMILES string of the molecule is CC(O)C(=O)c1c(F)cccc1N1CCC(CNC(=O)C2(NC(=O)c3ccc(N)nc3)CC2)CC1. The van der Waals surface area contributed by atoms with Crippen LogP contribution in [0.4, 0.5) is 15.9 Å². The molecule has 1 atom stereocenters. The van der Waals surface area contributed by atoms with Gasteiger partial charge in [-0.15, -0.1) is 0 Å². The van der Waals surface area contributed by atoms with Gasteiger partial charge in [0.05, 0.1) is 16.8 Å². The second-order valence-corrected chi connectivity index (χ2v) is 9.32. The third kappa shape index (κ3) is 5.43. The number of nitrogens with zero attached hydrogens (tertiary/aromatic N) is 2. The molecule has 2 aromatic rings. The number of carbonyl (C=O) groups is 3. The molecule has 0 bridgehead atoms. The molecule has 1 aliphatic heterocycles. The Morgan fingerprint density at radius 2 is 1.94 bits per heavy atom. The molecule has 2 heterocycles. The third-order valence-electron chi connectivity index (χ3n) is 6.71. The highest BCUT2D eigenvalue weighted by atomic mass is 19.1. The average molecular weight is 484 g/mol. The van der Waals surface area contributed by atoms with Gasteiger partial charge in [0.1, 0.15) is 23.3 Å². The quantitative estimate of drug-likeness (QED) is 0.419. The van der Waals surface area contributed by atoms with Crippen LogP contribution in [0.1, 0.15) is 53.3 Å². The van der Waals surface area contributed by atoms with E-state index in [2.05, 4.69) is 15.6 Å². The predicted octanol–water partition coefficient (Wildman–Crippen LogP) is 1.66. The maximum Gasteiger partial charge on any atom is 0.253 e. The molecule has 0 radical (unpaired) electrons. The Morgan fingerprint density at radius 1 is 1.23 bits per heavy atom. The van der Waals surface area contributed by atoms with Gasteiger partial charge in [-0.2, -0.15) is 0 Å². The minimum atomic E-state index is -1.29. The van der Waals surface area contributed by atoms with Gasteiger partial charge in [0.15, 0.2) is 5.78 Å². The van der Waals surface area contributed by atoms with Gasteiger partial charge in [0.2, 0.25) is 5.91 Å². The molecule has 1 unspecified atom stereocenters. The predicted molar refractivity (Wildman–Crippen MR) is 128 cm³/mol. The van der Waals surface area contributed by atoms with E-state index in [0.717, 1.165) is 12.8 Å². The molecule has 2 amide bonds. The van der Waals surface area contributed by atoms with Crippen molar-refractivity contribution in [3.63, 3.8) is 0 Å². The van der Waals surface area contributed by atoms with Crippen LogP contribution >= 0.6 is 0 Å². The van der Waals surface area contributed by atoms with Crippen molar-refractivity contribution in [2.45, 2.75) is 44.2 Å². The number of aliphatic hydroxyl groups excluding tert-OH is 1. The van der Waals surface area contributed by atoms with Crippen LogP contribution < -0.4 is 21.3 Å². The standard InChI is InChI=1S/C25H30FN5O4/c1-15(32)22(33)21-18(26)3-2-4-19(21)31-11-7-16(8-12-31)13-29-24(35)25(9-10-25)30-23(34)17-5-6-20(27)28-14-17/h2-6,14-16,32H,7-13H2,1H3,(H2,27,28)(H,29,35)(H,30,34). The molecule has 5 N–H and O–H groups in total. The summed E-state index contributed by atoms with van der Waals surface area (Å²) in [6, 6.07) is 7.57. The van der Waals surface area contributed by atoms with Crippen molar-refractivity contribution >= 4 is 29.1 Å². The van der Waals surface area contributed by atoms with Crippen LogP contribution in [0.25, 0.3) is 0 Å². The van der Waals surface area contributed by atoms with E-state index in [0.29, 0.717) is 49.5 Å². The van der Waals surface area contributed by atoms with E-state index in [-0.39, 0.29) is 23.3 Å². The second kappa shape index (κ2) is 9.99. The van der Waals surface area contributed by atoms with Crippen molar-refractivity contribution in [2.24, 2.45) is 5.92 Å². The lowest BCUT2D eigenvalue weighted by atomic mass is 9.94. The van der Waals surface area contributed by atoms with Crippen LogP contribution in [0, 0.1) is 11.7 Å². The van der Waals surface area contributed by atoms with E-state index >= 15 is 0 Å². The molecule has 2 fully saturated rings. The van der Waals surface area contributed by atoms with Gasteiger partial charge in [0, 0.05) is 25.8 Å².